The Kier molecular flexibility index (Phi) is 9.42. The monoisotopic (exact) mass is 399 g/mol. The number of thioether (sulfide) groups is 1. The second kappa shape index (κ2) is 12.1. The average molecular weight is 400 g/mol. The summed E-state index contributed by atoms with van der Waals surface area (Å²) in [6.45, 7) is 9.10. The summed E-state index contributed by atoms with van der Waals surface area (Å²) in [5.74, 6) is 1.59. The maximum Gasteiger partial charge on any atom is 0.332 e. The molecule has 0 bridgehead atoms. The van der Waals surface area contributed by atoms with E-state index in [2.05, 4.69) is 29.9 Å². The number of nitrogens with one attached hydrogen (secondary N) is 1. The van der Waals surface area contributed by atoms with E-state index in [1.54, 1.807) is 22.7 Å². The Morgan fingerprint density at radius 1 is 1.39 bits per heavy atom. The molecule has 0 unspecified atom stereocenters. The Balaban J connectivity index is 2.35. The maximum absolute atomic E-state index is 13.3. The van der Waals surface area contributed by atoms with Crippen LogP contribution in [0.1, 0.15) is 33.1 Å². The minimum atomic E-state index is -0.269. The number of carbonyl (C=O) groups excluding carboxylic acids is 1. The molecule has 6 heteroatoms. The van der Waals surface area contributed by atoms with Gasteiger partial charge in [0.15, 0.2) is 5.17 Å². The van der Waals surface area contributed by atoms with E-state index >= 15 is 0 Å². The number of allylic oxidation sites excluding steroid dienone is 4. The third-order valence-corrected chi connectivity index (χ3v) is 4.96. The van der Waals surface area contributed by atoms with Crippen LogP contribution in [-0.2, 0) is 0 Å². The van der Waals surface area contributed by atoms with Crippen LogP contribution in [0.25, 0.3) is 0 Å². The van der Waals surface area contributed by atoms with Crippen molar-refractivity contribution in [3.63, 3.8) is 0 Å². The van der Waals surface area contributed by atoms with Crippen LogP contribution >= 0.6 is 11.8 Å². The number of hydrogen-bond donors (Lipinski definition) is 1. The number of aliphatic imine (C=N–C) groups is 1. The lowest BCUT2D eigenvalue weighted by Gasteiger charge is -2.27. The Bertz CT molecular complexity index is 756. The molecule has 1 aliphatic rings. The molecule has 0 saturated heterocycles. The van der Waals surface area contributed by atoms with Crippen LogP contribution in [-0.4, -0.2) is 35.0 Å². The van der Waals surface area contributed by atoms with Crippen molar-refractivity contribution < 1.29 is 9.53 Å². The predicted molar refractivity (Wildman–Crippen MR) is 120 cm³/mol. The molecule has 0 spiro atoms. The number of para-hydroxylation sites is 2. The van der Waals surface area contributed by atoms with Gasteiger partial charge >= 0.3 is 6.03 Å². The van der Waals surface area contributed by atoms with Gasteiger partial charge in [0.2, 0.25) is 0 Å². The summed E-state index contributed by atoms with van der Waals surface area (Å²) in [4.78, 5) is 19.5. The third-order valence-electron chi connectivity index (χ3n) is 3.89. The van der Waals surface area contributed by atoms with Crippen molar-refractivity contribution in [2.45, 2.75) is 33.1 Å². The third kappa shape index (κ3) is 6.30. The zero-order valence-corrected chi connectivity index (χ0v) is 17.5. The van der Waals surface area contributed by atoms with Crippen molar-refractivity contribution in [1.29, 1.82) is 0 Å². The first kappa shape index (κ1) is 21.8. The van der Waals surface area contributed by atoms with Gasteiger partial charge < -0.3 is 10.1 Å². The molecule has 2 amide bonds. The lowest BCUT2D eigenvalue weighted by Crippen LogP contribution is -2.38. The number of unbranched alkanes of at least 4 members (excludes halogenated alkanes) is 1. The molecule has 150 valence electrons. The highest BCUT2D eigenvalue weighted by molar-refractivity contribution is 8.13. The van der Waals surface area contributed by atoms with Crippen molar-refractivity contribution in [1.82, 2.24) is 4.90 Å². The number of amidine groups is 1. The van der Waals surface area contributed by atoms with Crippen molar-refractivity contribution >= 4 is 28.6 Å². The molecule has 0 fully saturated rings. The summed E-state index contributed by atoms with van der Waals surface area (Å²) in [5.41, 5.74) is 1.37. The highest BCUT2D eigenvalue weighted by atomic mass is 32.2. The van der Waals surface area contributed by atoms with Gasteiger partial charge in [0.1, 0.15) is 5.75 Å². The lowest BCUT2D eigenvalue weighted by molar-refractivity contribution is 0.241. The smallest absolute Gasteiger partial charge is 0.332 e. The molecule has 5 nitrogen and oxygen atoms in total. The van der Waals surface area contributed by atoms with E-state index in [4.69, 9.17) is 4.74 Å². The van der Waals surface area contributed by atoms with Gasteiger partial charge in [-0.15, -0.1) is 0 Å². The molecule has 1 aliphatic heterocycles. The van der Waals surface area contributed by atoms with Gasteiger partial charge in [-0.3, -0.25) is 4.99 Å². The van der Waals surface area contributed by atoms with Crippen molar-refractivity contribution in [2.75, 3.05) is 24.2 Å². The summed E-state index contributed by atoms with van der Waals surface area (Å²) in [7, 11) is 0. The number of hydrogen-bond acceptors (Lipinski definition) is 4. The first-order valence-electron chi connectivity index (χ1n) is 9.70. The van der Waals surface area contributed by atoms with E-state index in [1.165, 1.54) is 0 Å². The topological polar surface area (TPSA) is 53.9 Å². The van der Waals surface area contributed by atoms with Gasteiger partial charge in [0.25, 0.3) is 0 Å². The molecular weight excluding hydrogens is 370 g/mol. The fraction of sp³-hybridized carbons (Fsp3) is 0.364. The number of nitrogens with zero attached hydrogens (tertiary/aromatic N) is 2. The summed E-state index contributed by atoms with van der Waals surface area (Å²) >= 11 is 1.59. The number of urea groups is 1. The van der Waals surface area contributed by atoms with Gasteiger partial charge in [-0.25, -0.2) is 9.69 Å². The van der Waals surface area contributed by atoms with Crippen LogP contribution in [0.2, 0.25) is 0 Å². The second-order valence-corrected chi connectivity index (χ2v) is 7.14. The molecule has 0 aliphatic carbocycles. The van der Waals surface area contributed by atoms with Crippen molar-refractivity contribution in [3.05, 3.63) is 60.8 Å². The first-order valence-corrected chi connectivity index (χ1v) is 10.7. The lowest BCUT2D eigenvalue weighted by atomic mass is 10.2. The van der Waals surface area contributed by atoms with E-state index in [-0.39, 0.29) is 6.03 Å². The average Bonchev–Trinajstić information content (AvgIpc) is 2.71. The number of rotatable bonds is 8. The Morgan fingerprint density at radius 3 is 2.89 bits per heavy atom. The molecule has 0 aromatic heterocycles. The molecule has 1 aromatic rings. The Hall–Kier alpha value is -2.47. The van der Waals surface area contributed by atoms with Gasteiger partial charge in [-0.1, -0.05) is 56.0 Å². The van der Waals surface area contributed by atoms with E-state index in [0.29, 0.717) is 23.2 Å². The Labute approximate surface area is 172 Å². The summed E-state index contributed by atoms with van der Waals surface area (Å²) in [6.07, 6.45) is 10.5. The number of carbonyl (C=O) groups is 1. The predicted octanol–water partition coefficient (Wildman–Crippen LogP) is 5.84. The molecule has 0 radical (unpaired) electrons. The molecule has 2 rings (SSSR count). The molecule has 28 heavy (non-hydrogen) atoms. The molecule has 1 N–H and O–H groups in total. The Morgan fingerprint density at radius 2 is 2.21 bits per heavy atom. The summed E-state index contributed by atoms with van der Waals surface area (Å²) < 4.78 is 5.64. The summed E-state index contributed by atoms with van der Waals surface area (Å²) in [5, 5.41) is 3.68. The molecule has 1 aromatic carbocycles. The van der Waals surface area contributed by atoms with Gasteiger partial charge in [0, 0.05) is 12.3 Å². The number of amides is 2. The minimum absolute atomic E-state index is 0.269. The highest BCUT2D eigenvalue weighted by Crippen LogP contribution is 2.26. The first-order chi connectivity index (χ1) is 13.7. The highest BCUT2D eigenvalue weighted by Gasteiger charge is 2.25. The van der Waals surface area contributed by atoms with E-state index < -0.39 is 0 Å². The van der Waals surface area contributed by atoms with Crippen LogP contribution in [0.15, 0.2) is 65.8 Å². The van der Waals surface area contributed by atoms with E-state index in [0.717, 1.165) is 37.3 Å². The van der Waals surface area contributed by atoms with Gasteiger partial charge in [0.05, 0.1) is 18.0 Å². The standard InChI is InChI=1S/C22H29N3O2S/c1-4-7-8-13-18(12-5-2)25(22-23-16-11-17-28-22)21(26)24-19-14-9-10-15-20(19)27-6-3/h5,8-10,12-15H,2,4,6-7,11,16-17H2,1,3H3,(H,24,26). The number of anilines is 1. The largest absolute Gasteiger partial charge is 0.492 e. The van der Waals surface area contributed by atoms with Crippen LogP contribution in [0.4, 0.5) is 10.5 Å². The molecule has 1 heterocycles. The zero-order valence-electron chi connectivity index (χ0n) is 16.7. The van der Waals surface area contributed by atoms with Crippen molar-refractivity contribution in [2.24, 2.45) is 4.99 Å². The molecular formula is C22H29N3O2S. The van der Waals surface area contributed by atoms with Gasteiger partial charge in [-0.05, 0) is 44.1 Å². The SMILES string of the molecule is C=CC=C(C=CCCC)N(C(=O)Nc1ccccc1OCC)C1=NCCCS1. The maximum atomic E-state index is 13.3. The number of benzene rings is 1. The van der Waals surface area contributed by atoms with Crippen LogP contribution in [0, 0.1) is 0 Å². The molecule has 0 atom stereocenters. The molecule has 0 saturated carbocycles. The normalized spacial score (nSPS) is 14.5. The van der Waals surface area contributed by atoms with Crippen LogP contribution in [0.5, 0.6) is 5.75 Å². The van der Waals surface area contributed by atoms with E-state index in [1.807, 2.05) is 43.3 Å². The van der Waals surface area contributed by atoms with Crippen molar-refractivity contribution in [3.8, 4) is 5.75 Å². The van der Waals surface area contributed by atoms with E-state index in [9.17, 15) is 4.79 Å². The fourth-order valence-electron chi connectivity index (χ4n) is 2.62. The van der Waals surface area contributed by atoms with Crippen LogP contribution < -0.4 is 10.1 Å². The minimum Gasteiger partial charge on any atom is -0.492 e. The fourth-order valence-corrected chi connectivity index (χ4v) is 3.57. The number of ether oxygens (including phenoxy) is 1. The summed E-state index contributed by atoms with van der Waals surface area (Å²) in [6, 6.07) is 7.17. The zero-order chi connectivity index (χ0) is 20.2. The quantitative estimate of drug-likeness (QED) is 0.559. The van der Waals surface area contributed by atoms with Gasteiger partial charge in [-0.2, -0.15) is 0 Å². The second-order valence-electron chi connectivity index (χ2n) is 6.08. The van der Waals surface area contributed by atoms with Crippen LogP contribution in [0.3, 0.4) is 0 Å².